The first-order valence-corrected chi connectivity index (χ1v) is 9.66. The Morgan fingerprint density at radius 2 is 1.85 bits per heavy atom. The summed E-state index contributed by atoms with van der Waals surface area (Å²) >= 11 is 0. The number of aryl methyl sites for hydroxylation is 4. The number of aromatic nitrogens is 2. The van der Waals surface area contributed by atoms with E-state index >= 15 is 0 Å². The molecule has 2 aromatic heterocycles. The lowest BCUT2D eigenvalue weighted by molar-refractivity contribution is 0.390. The van der Waals surface area contributed by atoms with Crippen LogP contribution in [0.2, 0.25) is 0 Å². The zero-order valence-electron chi connectivity index (χ0n) is 15.2. The van der Waals surface area contributed by atoms with Crippen molar-refractivity contribution in [2.24, 2.45) is 0 Å². The van der Waals surface area contributed by atoms with Crippen molar-refractivity contribution in [3.63, 3.8) is 0 Å². The SMILES string of the molecule is Cc1ccc(N(Cc2cccnc2)S(=O)(=O)c2c(C)noc2C)cc1C. The normalized spacial score (nSPS) is 11.5. The molecule has 0 N–H and O–H groups in total. The molecule has 2 heterocycles. The van der Waals surface area contributed by atoms with Crippen LogP contribution < -0.4 is 4.31 Å². The largest absolute Gasteiger partial charge is 0.360 e. The molecule has 7 heteroatoms. The van der Waals surface area contributed by atoms with Crippen molar-refractivity contribution < 1.29 is 12.9 Å². The van der Waals surface area contributed by atoms with Gasteiger partial charge < -0.3 is 4.52 Å². The Kier molecular flexibility index (Phi) is 4.82. The Morgan fingerprint density at radius 3 is 2.42 bits per heavy atom. The molecular weight excluding hydrogens is 350 g/mol. The number of benzene rings is 1. The van der Waals surface area contributed by atoms with Crippen molar-refractivity contribution in [1.82, 2.24) is 10.1 Å². The predicted octanol–water partition coefficient (Wildman–Crippen LogP) is 3.70. The third kappa shape index (κ3) is 3.35. The fraction of sp³-hybridized carbons (Fsp3) is 0.263. The highest BCUT2D eigenvalue weighted by atomic mass is 32.2. The lowest BCUT2D eigenvalue weighted by atomic mass is 10.1. The van der Waals surface area contributed by atoms with Gasteiger partial charge in [-0.3, -0.25) is 9.29 Å². The van der Waals surface area contributed by atoms with Crippen LogP contribution in [0.5, 0.6) is 0 Å². The highest BCUT2D eigenvalue weighted by molar-refractivity contribution is 7.92. The van der Waals surface area contributed by atoms with E-state index < -0.39 is 10.0 Å². The van der Waals surface area contributed by atoms with Crippen molar-refractivity contribution >= 4 is 15.7 Å². The van der Waals surface area contributed by atoms with Crippen LogP contribution >= 0.6 is 0 Å². The van der Waals surface area contributed by atoms with Gasteiger partial charge in [-0.1, -0.05) is 17.3 Å². The molecule has 0 aliphatic heterocycles. The first kappa shape index (κ1) is 18.1. The second-order valence-electron chi connectivity index (χ2n) is 6.29. The third-order valence-corrected chi connectivity index (χ3v) is 6.36. The molecular formula is C19H21N3O3S. The van der Waals surface area contributed by atoms with E-state index in [1.807, 2.05) is 38.1 Å². The lowest BCUT2D eigenvalue weighted by Crippen LogP contribution is -2.31. The average Bonchev–Trinajstić information content (AvgIpc) is 2.95. The lowest BCUT2D eigenvalue weighted by Gasteiger charge is -2.25. The molecule has 0 atom stereocenters. The van der Waals surface area contributed by atoms with Gasteiger partial charge in [0, 0.05) is 12.4 Å². The molecule has 0 bridgehead atoms. The van der Waals surface area contributed by atoms with E-state index in [4.69, 9.17) is 4.52 Å². The summed E-state index contributed by atoms with van der Waals surface area (Å²) in [6.07, 6.45) is 3.32. The highest BCUT2D eigenvalue weighted by Gasteiger charge is 2.31. The summed E-state index contributed by atoms with van der Waals surface area (Å²) < 4.78 is 33.4. The molecule has 0 spiro atoms. The van der Waals surface area contributed by atoms with Gasteiger partial charge >= 0.3 is 0 Å². The summed E-state index contributed by atoms with van der Waals surface area (Å²) in [6, 6.07) is 9.25. The van der Waals surface area contributed by atoms with Gasteiger partial charge in [-0.25, -0.2) is 8.42 Å². The van der Waals surface area contributed by atoms with E-state index in [0.29, 0.717) is 11.4 Å². The summed E-state index contributed by atoms with van der Waals surface area (Å²) in [4.78, 5) is 4.20. The van der Waals surface area contributed by atoms with E-state index in [2.05, 4.69) is 10.1 Å². The second kappa shape index (κ2) is 6.92. The first-order valence-electron chi connectivity index (χ1n) is 8.22. The molecule has 0 saturated carbocycles. The van der Waals surface area contributed by atoms with Crippen LogP contribution in [0, 0.1) is 27.7 Å². The van der Waals surface area contributed by atoms with Crippen molar-refractivity contribution in [2.45, 2.75) is 39.1 Å². The number of hydrogen-bond acceptors (Lipinski definition) is 5. The Labute approximate surface area is 153 Å². The summed E-state index contributed by atoms with van der Waals surface area (Å²) in [6.45, 7) is 7.36. The molecule has 6 nitrogen and oxygen atoms in total. The number of rotatable bonds is 5. The summed E-state index contributed by atoms with van der Waals surface area (Å²) in [5, 5.41) is 3.80. The Hall–Kier alpha value is -2.67. The molecule has 0 aliphatic rings. The maximum Gasteiger partial charge on any atom is 0.270 e. The van der Waals surface area contributed by atoms with E-state index in [1.54, 1.807) is 32.3 Å². The molecule has 0 aliphatic carbocycles. The topological polar surface area (TPSA) is 76.3 Å². The monoisotopic (exact) mass is 371 g/mol. The van der Waals surface area contributed by atoms with Gasteiger partial charge in [0.05, 0.1) is 12.2 Å². The van der Waals surface area contributed by atoms with Crippen LogP contribution in [0.25, 0.3) is 0 Å². The number of anilines is 1. The van der Waals surface area contributed by atoms with Gasteiger partial charge in [0.15, 0.2) is 10.7 Å². The predicted molar refractivity (Wildman–Crippen MR) is 99.5 cm³/mol. The van der Waals surface area contributed by atoms with Gasteiger partial charge in [0.25, 0.3) is 10.0 Å². The number of hydrogen-bond donors (Lipinski definition) is 0. The van der Waals surface area contributed by atoms with E-state index in [9.17, 15) is 8.42 Å². The quantitative estimate of drug-likeness (QED) is 0.683. The molecule has 0 saturated heterocycles. The van der Waals surface area contributed by atoms with Crippen LogP contribution in [-0.2, 0) is 16.6 Å². The van der Waals surface area contributed by atoms with E-state index in [1.165, 1.54) is 4.31 Å². The first-order chi connectivity index (χ1) is 12.3. The molecule has 3 rings (SSSR count). The molecule has 0 fully saturated rings. The van der Waals surface area contributed by atoms with Gasteiger partial charge in [-0.2, -0.15) is 0 Å². The fourth-order valence-corrected chi connectivity index (χ4v) is 4.55. The van der Waals surface area contributed by atoms with Crippen LogP contribution in [0.15, 0.2) is 52.1 Å². The number of sulfonamides is 1. The average molecular weight is 371 g/mol. The molecule has 0 unspecified atom stereocenters. The van der Waals surface area contributed by atoms with Crippen LogP contribution in [0.1, 0.15) is 28.1 Å². The standard InChI is InChI=1S/C19H21N3O3S/c1-13-7-8-18(10-14(13)2)22(12-17-6-5-9-20-11-17)26(23,24)19-15(3)21-25-16(19)4/h5-11H,12H2,1-4H3. The molecule has 26 heavy (non-hydrogen) atoms. The van der Waals surface area contributed by atoms with Crippen molar-refractivity contribution in [1.29, 1.82) is 0 Å². The Bertz CT molecular complexity index is 1010. The van der Waals surface area contributed by atoms with Gasteiger partial charge in [0.1, 0.15) is 5.69 Å². The third-order valence-electron chi connectivity index (χ3n) is 4.34. The smallest absolute Gasteiger partial charge is 0.270 e. The zero-order valence-corrected chi connectivity index (χ0v) is 16.0. The highest BCUT2D eigenvalue weighted by Crippen LogP contribution is 2.30. The molecule has 1 aromatic carbocycles. The van der Waals surface area contributed by atoms with Gasteiger partial charge in [-0.15, -0.1) is 0 Å². The minimum absolute atomic E-state index is 0.111. The molecule has 0 radical (unpaired) electrons. The summed E-state index contributed by atoms with van der Waals surface area (Å²) in [5.74, 6) is 0.280. The van der Waals surface area contributed by atoms with Crippen LogP contribution in [0.3, 0.4) is 0 Å². The summed E-state index contributed by atoms with van der Waals surface area (Å²) in [5.41, 5.74) is 3.86. The van der Waals surface area contributed by atoms with Crippen LogP contribution in [-0.4, -0.2) is 18.6 Å². The Balaban J connectivity index is 2.15. The van der Waals surface area contributed by atoms with Crippen molar-refractivity contribution in [2.75, 3.05) is 4.31 Å². The number of pyridine rings is 1. The number of nitrogens with zero attached hydrogens (tertiary/aromatic N) is 3. The second-order valence-corrected chi connectivity index (χ2v) is 8.09. The van der Waals surface area contributed by atoms with Gasteiger partial charge in [0.2, 0.25) is 0 Å². The van der Waals surface area contributed by atoms with Gasteiger partial charge in [-0.05, 0) is 62.6 Å². The van der Waals surface area contributed by atoms with E-state index in [-0.39, 0.29) is 17.2 Å². The minimum Gasteiger partial charge on any atom is -0.360 e. The maximum atomic E-state index is 13.4. The molecule has 3 aromatic rings. The fourth-order valence-electron chi connectivity index (χ4n) is 2.81. The molecule has 136 valence electrons. The van der Waals surface area contributed by atoms with Crippen molar-refractivity contribution in [3.8, 4) is 0 Å². The zero-order chi connectivity index (χ0) is 18.9. The molecule has 0 amide bonds. The Morgan fingerprint density at radius 1 is 1.08 bits per heavy atom. The van der Waals surface area contributed by atoms with Crippen molar-refractivity contribution in [3.05, 3.63) is 70.9 Å². The summed E-state index contributed by atoms with van der Waals surface area (Å²) in [7, 11) is -3.85. The van der Waals surface area contributed by atoms with Crippen LogP contribution in [0.4, 0.5) is 5.69 Å². The maximum absolute atomic E-state index is 13.4. The van der Waals surface area contributed by atoms with E-state index in [0.717, 1.165) is 16.7 Å². The minimum atomic E-state index is -3.85.